The Kier molecular flexibility index (Phi) is 12.1. The third kappa shape index (κ3) is 8.76. The fourth-order valence-corrected chi connectivity index (χ4v) is 9.91. The van der Waals surface area contributed by atoms with E-state index in [-0.39, 0.29) is 55.4 Å². The molecule has 4 amide bonds. The standard InChI is InChI=1S/C37H52N8O9S/c1-36(2,51)30-22-39-42-45(30)26-21-29(34(49)41-37(31(46)32(38)47)14-18-54-19-15-37)44(23-26)35(50)28(20-24-8-4-3-5-9-24)40-33(48)25-10-12-27(13-11-25)55(52,53)43-16-6-7-17-43/h10-13,22,24,26,28-29,51H,3-9,14-21,23H2,1-2H3,(H2,38,47)(H,40,48)(H,41,49)/t26-,28?,29-/m0/s1. The molecule has 5 N–H and O–H groups in total. The second-order valence-electron chi connectivity index (χ2n) is 15.8. The van der Waals surface area contributed by atoms with Gasteiger partial charge in [-0.25, -0.2) is 13.1 Å². The molecule has 0 bridgehead atoms. The number of hydrogen-bond acceptors (Lipinski definition) is 11. The number of primary amides is 1. The van der Waals surface area contributed by atoms with Crippen molar-refractivity contribution in [3.8, 4) is 0 Å². The smallest absolute Gasteiger partial charge is 0.287 e. The Balaban J connectivity index is 1.30. The molecule has 6 rings (SSSR count). The van der Waals surface area contributed by atoms with E-state index in [1.165, 1.54) is 44.3 Å². The maximum atomic E-state index is 14.8. The number of hydrogen-bond donors (Lipinski definition) is 4. The summed E-state index contributed by atoms with van der Waals surface area (Å²) in [7, 11) is -3.70. The molecule has 4 aliphatic rings. The summed E-state index contributed by atoms with van der Waals surface area (Å²) in [5, 5.41) is 24.8. The second-order valence-corrected chi connectivity index (χ2v) is 17.7. The molecule has 2 aromatic rings. The molecule has 1 aliphatic carbocycles. The molecular formula is C37H52N8O9S. The molecule has 1 aromatic heterocycles. The topological polar surface area (TPSA) is 236 Å². The zero-order valence-electron chi connectivity index (χ0n) is 31.4. The van der Waals surface area contributed by atoms with E-state index in [1.54, 1.807) is 13.8 Å². The Morgan fingerprint density at radius 1 is 1.02 bits per heavy atom. The summed E-state index contributed by atoms with van der Waals surface area (Å²) in [4.78, 5) is 69.8. The van der Waals surface area contributed by atoms with Crippen LogP contribution in [0.5, 0.6) is 0 Å². The van der Waals surface area contributed by atoms with Gasteiger partial charge in [-0.15, -0.1) is 5.10 Å². The van der Waals surface area contributed by atoms with Gasteiger partial charge in [0.25, 0.3) is 11.8 Å². The number of nitrogens with zero attached hydrogens (tertiary/aromatic N) is 5. The van der Waals surface area contributed by atoms with E-state index in [9.17, 15) is 37.5 Å². The van der Waals surface area contributed by atoms with Gasteiger partial charge in [-0.05, 0) is 63.3 Å². The Hall–Kier alpha value is -4.26. The third-order valence-electron chi connectivity index (χ3n) is 11.5. The summed E-state index contributed by atoms with van der Waals surface area (Å²) in [5.74, 6) is -3.83. The number of ether oxygens (including phenoxy) is 1. The Morgan fingerprint density at radius 2 is 1.67 bits per heavy atom. The van der Waals surface area contributed by atoms with E-state index in [0.717, 1.165) is 44.9 Å². The summed E-state index contributed by atoms with van der Waals surface area (Å²) >= 11 is 0. The van der Waals surface area contributed by atoms with Crippen LogP contribution in [-0.4, -0.2) is 118 Å². The van der Waals surface area contributed by atoms with Gasteiger partial charge in [0.15, 0.2) is 0 Å². The predicted octanol–water partition coefficient (Wildman–Crippen LogP) is 0.921. The lowest BCUT2D eigenvalue weighted by Gasteiger charge is -2.37. The molecule has 4 heterocycles. The number of benzene rings is 1. The SMILES string of the molecule is CC(C)(O)c1cnnn1[C@H]1C[C@@H](C(=O)NC2(C(=O)C(N)=O)CCOCC2)N(C(=O)C(CC2CCCCC2)NC(=O)c2ccc(S(=O)(=O)N3CCCC3)cc2)C1. The maximum Gasteiger partial charge on any atom is 0.287 e. The lowest BCUT2D eigenvalue weighted by molar-refractivity contribution is -0.147. The summed E-state index contributed by atoms with van der Waals surface area (Å²) in [6.45, 7) is 4.19. The van der Waals surface area contributed by atoms with Gasteiger partial charge in [-0.3, -0.25) is 24.0 Å². The van der Waals surface area contributed by atoms with E-state index in [0.29, 0.717) is 25.2 Å². The fraction of sp³-hybridized carbons (Fsp3) is 0.649. The van der Waals surface area contributed by atoms with Crippen molar-refractivity contribution in [3.63, 3.8) is 0 Å². The van der Waals surface area contributed by atoms with Crippen molar-refractivity contribution >= 4 is 39.4 Å². The molecule has 18 heteroatoms. The van der Waals surface area contributed by atoms with Crippen LogP contribution in [0.4, 0.5) is 0 Å². The zero-order chi connectivity index (χ0) is 39.5. The normalized spacial score (nSPS) is 22.9. The number of aromatic nitrogens is 3. The lowest BCUT2D eigenvalue weighted by Crippen LogP contribution is -2.64. The minimum Gasteiger partial charge on any atom is -0.384 e. The highest BCUT2D eigenvalue weighted by Gasteiger charge is 2.49. The average molecular weight is 785 g/mol. The highest BCUT2D eigenvalue weighted by Crippen LogP contribution is 2.34. The van der Waals surface area contributed by atoms with Crippen molar-refractivity contribution in [2.75, 3.05) is 32.8 Å². The first-order valence-corrected chi connectivity index (χ1v) is 20.6. The number of ketones is 1. The van der Waals surface area contributed by atoms with E-state index in [4.69, 9.17) is 10.5 Å². The Labute approximate surface area is 320 Å². The number of carbonyl (C=O) groups is 5. The Bertz CT molecular complexity index is 1860. The van der Waals surface area contributed by atoms with Crippen LogP contribution in [0.25, 0.3) is 0 Å². The average Bonchev–Trinajstić information content (AvgIpc) is 3.97. The lowest BCUT2D eigenvalue weighted by atomic mass is 9.84. The van der Waals surface area contributed by atoms with Gasteiger partial charge >= 0.3 is 0 Å². The van der Waals surface area contributed by atoms with Gasteiger partial charge in [0.1, 0.15) is 23.2 Å². The van der Waals surface area contributed by atoms with Crippen LogP contribution in [0, 0.1) is 5.92 Å². The fourth-order valence-electron chi connectivity index (χ4n) is 8.39. The molecule has 3 atom stereocenters. The molecule has 4 fully saturated rings. The van der Waals surface area contributed by atoms with Crippen LogP contribution in [0.15, 0.2) is 35.4 Å². The predicted molar refractivity (Wildman–Crippen MR) is 196 cm³/mol. The number of nitrogens with one attached hydrogen (secondary N) is 2. The highest BCUT2D eigenvalue weighted by atomic mass is 32.2. The Morgan fingerprint density at radius 3 is 2.29 bits per heavy atom. The van der Waals surface area contributed by atoms with Gasteiger partial charge in [0.05, 0.1) is 22.8 Å². The van der Waals surface area contributed by atoms with E-state index in [2.05, 4.69) is 20.9 Å². The first-order chi connectivity index (χ1) is 26.1. The molecule has 1 saturated carbocycles. The van der Waals surface area contributed by atoms with Gasteiger partial charge in [-0.2, -0.15) is 4.31 Å². The summed E-state index contributed by atoms with van der Waals surface area (Å²) in [5.41, 5.74) is 2.96. The monoisotopic (exact) mass is 784 g/mol. The van der Waals surface area contributed by atoms with Crippen LogP contribution in [0.2, 0.25) is 0 Å². The van der Waals surface area contributed by atoms with Crippen LogP contribution < -0.4 is 16.4 Å². The molecule has 1 aromatic carbocycles. The first-order valence-electron chi connectivity index (χ1n) is 19.2. The molecule has 3 saturated heterocycles. The number of Topliss-reactive ketones (excluding diaryl/α,β-unsaturated/α-hetero) is 1. The van der Waals surface area contributed by atoms with Crippen molar-refractivity contribution in [1.29, 1.82) is 0 Å². The van der Waals surface area contributed by atoms with Crippen molar-refractivity contribution in [2.24, 2.45) is 11.7 Å². The van der Waals surface area contributed by atoms with Crippen molar-refractivity contribution in [3.05, 3.63) is 41.7 Å². The molecule has 3 aliphatic heterocycles. The molecule has 1 unspecified atom stereocenters. The first kappa shape index (κ1) is 40.4. The highest BCUT2D eigenvalue weighted by molar-refractivity contribution is 7.89. The minimum absolute atomic E-state index is 0.00895. The van der Waals surface area contributed by atoms with Gasteiger partial charge in [0, 0.05) is 57.7 Å². The van der Waals surface area contributed by atoms with E-state index < -0.39 is 68.7 Å². The van der Waals surface area contributed by atoms with Crippen LogP contribution >= 0.6 is 0 Å². The van der Waals surface area contributed by atoms with Gasteiger partial charge < -0.3 is 31.1 Å². The summed E-state index contributed by atoms with van der Waals surface area (Å²) < 4.78 is 34.6. The van der Waals surface area contributed by atoms with Gasteiger partial charge in [0.2, 0.25) is 27.6 Å². The van der Waals surface area contributed by atoms with Crippen LogP contribution in [0.3, 0.4) is 0 Å². The third-order valence-corrected chi connectivity index (χ3v) is 13.4. The van der Waals surface area contributed by atoms with E-state index >= 15 is 0 Å². The largest absolute Gasteiger partial charge is 0.384 e. The quantitative estimate of drug-likeness (QED) is 0.209. The van der Waals surface area contributed by atoms with Crippen molar-refractivity contribution < 1.29 is 42.2 Å². The number of nitrogens with two attached hydrogens (primary N) is 1. The molecule has 0 radical (unpaired) electrons. The molecular weight excluding hydrogens is 733 g/mol. The summed E-state index contributed by atoms with van der Waals surface area (Å²) in [6, 6.07) is 2.78. The number of amides is 4. The van der Waals surface area contributed by atoms with Gasteiger partial charge in [-0.1, -0.05) is 37.3 Å². The molecule has 300 valence electrons. The molecule has 17 nitrogen and oxygen atoms in total. The number of likely N-dealkylation sites (tertiary alicyclic amines) is 1. The minimum atomic E-state index is -3.70. The maximum absolute atomic E-state index is 14.8. The van der Waals surface area contributed by atoms with Crippen molar-refractivity contribution in [1.82, 2.24) is 34.8 Å². The van der Waals surface area contributed by atoms with Crippen molar-refractivity contribution in [2.45, 2.75) is 119 Å². The second kappa shape index (κ2) is 16.5. The number of sulfonamides is 1. The zero-order valence-corrected chi connectivity index (χ0v) is 32.3. The van der Waals surface area contributed by atoms with Crippen LogP contribution in [-0.2, 0) is 39.5 Å². The van der Waals surface area contributed by atoms with Crippen LogP contribution in [0.1, 0.15) is 107 Å². The summed E-state index contributed by atoms with van der Waals surface area (Å²) in [6.07, 6.45) is 8.10. The number of aliphatic hydroxyl groups is 1. The number of carbonyl (C=O) groups excluding carboxylic acids is 5. The number of rotatable bonds is 13. The van der Waals surface area contributed by atoms with E-state index in [1.807, 2.05) is 0 Å². The molecule has 55 heavy (non-hydrogen) atoms. The molecule has 0 spiro atoms.